The third-order valence-corrected chi connectivity index (χ3v) is 2.14. The number of alkyl halides is 1. The van der Waals surface area contributed by atoms with Gasteiger partial charge in [-0.25, -0.2) is 0 Å². The second-order valence-corrected chi connectivity index (χ2v) is 3.50. The van der Waals surface area contributed by atoms with Crippen LogP contribution >= 0.6 is 23.2 Å². The molecular weight excluding hydrogens is 223 g/mol. The van der Waals surface area contributed by atoms with E-state index < -0.39 is 0 Å². The van der Waals surface area contributed by atoms with E-state index in [1.165, 1.54) is 0 Å². The fourth-order valence-corrected chi connectivity index (χ4v) is 1.11. The smallest absolute Gasteiger partial charge is 0.173 e. The van der Waals surface area contributed by atoms with Crippen molar-refractivity contribution < 1.29 is 9.53 Å². The first-order chi connectivity index (χ1) is 6.72. The minimum Gasteiger partial charge on any atom is -0.369 e. The van der Waals surface area contributed by atoms with Gasteiger partial charge in [-0.2, -0.15) is 0 Å². The monoisotopic (exact) mass is 232 g/mol. The quantitative estimate of drug-likeness (QED) is 0.731. The van der Waals surface area contributed by atoms with Gasteiger partial charge >= 0.3 is 0 Å². The predicted octanol–water partition coefficient (Wildman–Crippen LogP) is 2.66. The van der Waals surface area contributed by atoms with Crippen LogP contribution in [-0.4, -0.2) is 18.3 Å². The summed E-state index contributed by atoms with van der Waals surface area (Å²) in [6, 6.07) is 7.27. The van der Waals surface area contributed by atoms with Crippen molar-refractivity contribution in [3.63, 3.8) is 0 Å². The van der Waals surface area contributed by atoms with E-state index in [-0.39, 0.29) is 18.3 Å². The summed E-state index contributed by atoms with van der Waals surface area (Å²) < 4.78 is 5.14. The van der Waals surface area contributed by atoms with Crippen LogP contribution in [0.15, 0.2) is 24.3 Å². The number of Topliss-reactive ketones (excluding diaryl/α,β-unsaturated/α-hetero) is 1. The molecule has 0 aromatic heterocycles. The van der Waals surface area contributed by atoms with Crippen LogP contribution in [-0.2, 0) is 16.1 Å². The van der Waals surface area contributed by atoms with Crippen LogP contribution in [0.2, 0.25) is 5.02 Å². The molecule has 0 atom stereocenters. The molecule has 1 rings (SSSR count). The normalized spacial score (nSPS) is 10.1. The van der Waals surface area contributed by atoms with Gasteiger partial charge in [-0.05, 0) is 17.7 Å². The van der Waals surface area contributed by atoms with Crippen LogP contribution < -0.4 is 0 Å². The van der Waals surface area contributed by atoms with Gasteiger partial charge in [-0.1, -0.05) is 23.7 Å². The van der Waals surface area contributed by atoms with E-state index in [1.807, 2.05) is 12.1 Å². The highest BCUT2D eigenvalue weighted by molar-refractivity contribution is 6.30. The second kappa shape index (κ2) is 6.02. The number of carbonyl (C=O) groups is 1. The maximum Gasteiger partial charge on any atom is 0.173 e. The third kappa shape index (κ3) is 4.09. The lowest BCUT2D eigenvalue weighted by atomic mass is 10.2. The maximum absolute atomic E-state index is 10.8. The molecular formula is C10H10Cl2O2. The van der Waals surface area contributed by atoms with E-state index in [2.05, 4.69) is 0 Å². The minimum atomic E-state index is -0.111. The first-order valence-electron chi connectivity index (χ1n) is 4.12. The highest BCUT2D eigenvalue weighted by atomic mass is 35.5. The molecule has 0 saturated heterocycles. The number of ketones is 1. The predicted molar refractivity (Wildman–Crippen MR) is 56.8 cm³/mol. The molecule has 0 unspecified atom stereocenters. The molecule has 1 aromatic carbocycles. The van der Waals surface area contributed by atoms with Crippen molar-refractivity contribution in [3.05, 3.63) is 34.9 Å². The zero-order valence-corrected chi connectivity index (χ0v) is 9.02. The van der Waals surface area contributed by atoms with E-state index in [0.717, 1.165) is 5.56 Å². The van der Waals surface area contributed by atoms with Crippen LogP contribution in [0.3, 0.4) is 0 Å². The van der Waals surface area contributed by atoms with Gasteiger partial charge in [-0.15, -0.1) is 11.6 Å². The van der Waals surface area contributed by atoms with Crippen molar-refractivity contribution in [1.29, 1.82) is 0 Å². The van der Waals surface area contributed by atoms with Crippen LogP contribution in [0.1, 0.15) is 5.56 Å². The Morgan fingerprint density at radius 3 is 2.50 bits per heavy atom. The molecule has 0 heterocycles. The summed E-state index contributed by atoms with van der Waals surface area (Å²) in [6.07, 6.45) is 0. The Balaban J connectivity index is 2.31. The molecule has 0 fully saturated rings. The van der Waals surface area contributed by atoms with E-state index in [0.29, 0.717) is 11.6 Å². The molecule has 0 saturated carbocycles. The van der Waals surface area contributed by atoms with Crippen molar-refractivity contribution in [1.82, 2.24) is 0 Å². The summed E-state index contributed by atoms with van der Waals surface area (Å²) in [5.74, 6) is -0.110. The van der Waals surface area contributed by atoms with Crippen LogP contribution in [0.25, 0.3) is 0 Å². The molecule has 0 bridgehead atoms. The summed E-state index contributed by atoms with van der Waals surface area (Å²) in [7, 11) is 0. The maximum atomic E-state index is 10.8. The highest BCUT2D eigenvalue weighted by Crippen LogP contribution is 2.10. The number of halogens is 2. The minimum absolute atomic E-state index is 0.000613. The van der Waals surface area contributed by atoms with Gasteiger partial charge in [0.05, 0.1) is 12.5 Å². The molecule has 0 amide bonds. The Morgan fingerprint density at radius 1 is 1.29 bits per heavy atom. The SMILES string of the molecule is O=C(CCl)COCc1ccc(Cl)cc1. The standard InChI is InChI=1S/C10H10Cl2O2/c11-5-10(13)7-14-6-8-1-3-9(12)4-2-8/h1-4H,5-7H2. The molecule has 0 aliphatic carbocycles. The Morgan fingerprint density at radius 2 is 1.93 bits per heavy atom. The molecule has 0 aliphatic rings. The number of hydrogen-bond acceptors (Lipinski definition) is 2. The lowest BCUT2D eigenvalue weighted by molar-refractivity contribution is -0.121. The van der Waals surface area contributed by atoms with Gasteiger partial charge < -0.3 is 4.74 Å². The molecule has 14 heavy (non-hydrogen) atoms. The van der Waals surface area contributed by atoms with Gasteiger partial charge in [0.1, 0.15) is 6.61 Å². The van der Waals surface area contributed by atoms with Crippen LogP contribution in [0, 0.1) is 0 Å². The first-order valence-corrected chi connectivity index (χ1v) is 5.03. The molecule has 0 radical (unpaired) electrons. The molecule has 4 heteroatoms. The van der Waals surface area contributed by atoms with Crippen molar-refractivity contribution in [3.8, 4) is 0 Å². The summed E-state index contributed by atoms with van der Waals surface area (Å²) >= 11 is 11.0. The molecule has 0 aliphatic heterocycles. The van der Waals surface area contributed by atoms with Crippen molar-refractivity contribution in [2.24, 2.45) is 0 Å². The number of ether oxygens (including phenoxy) is 1. The number of carbonyl (C=O) groups excluding carboxylic acids is 1. The zero-order chi connectivity index (χ0) is 10.4. The zero-order valence-electron chi connectivity index (χ0n) is 7.50. The molecule has 1 aromatic rings. The summed E-state index contributed by atoms with van der Waals surface area (Å²) in [5.41, 5.74) is 0.983. The van der Waals surface area contributed by atoms with Crippen molar-refractivity contribution in [2.45, 2.75) is 6.61 Å². The highest BCUT2D eigenvalue weighted by Gasteiger charge is 1.99. The average molecular weight is 233 g/mol. The Kier molecular flexibility index (Phi) is 4.94. The largest absolute Gasteiger partial charge is 0.369 e. The summed E-state index contributed by atoms with van der Waals surface area (Å²) in [4.78, 5) is 10.8. The lowest BCUT2D eigenvalue weighted by Crippen LogP contribution is -2.09. The van der Waals surface area contributed by atoms with Gasteiger partial charge in [-0.3, -0.25) is 4.79 Å². The second-order valence-electron chi connectivity index (χ2n) is 2.79. The van der Waals surface area contributed by atoms with Crippen molar-refractivity contribution >= 4 is 29.0 Å². The van der Waals surface area contributed by atoms with Crippen molar-refractivity contribution in [2.75, 3.05) is 12.5 Å². The average Bonchev–Trinajstić information content (AvgIpc) is 2.21. The van der Waals surface area contributed by atoms with Crippen LogP contribution in [0.4, 0.5) is 0 Å². The number of benzene rings is 1. The summed E-state index contributed by atoms with van der Waals surface area (Å²) in [5, 5.41) is 0.686. The Hall–Kier alpha value is -0.570. The molecule has 76 valence electrons. The summed E-state index contributed by atoms with van der Waals surface area (Å²) in [6.45, 7) is 0.464. The third-order valence-electron chi connectivity index (χ3n) is 1.59. The lowest BCUT2D eigenvalue weighted by Gasteiger charge is -2.02. The van der Waals surface area contributed by atoms with Crippen LogP contribution in [0.5, 0.6) is 0 Å². The number of hydrogen-bond donors (Lipinski definition) is 0. The molecule has 2 nitrogen and oxygen atoms in total. The van der Waals surface area contributed by atoms with E-state index in [9.17, 15) is 4.79 Å². The first kappa shape index (κ1) is 11.5. The van der Waals surface area contributed by atoms with E-state index >= 15 is 0 Å². The van der Waals surface area contributed by atoms with E-state index in [1.54, 1.807) is 12.1 Å². The topological polar surface area (TPSA) is 26.3 Å². The van der Waals surface area contributed by atoms with Gasteiger partial charge in [0, 0.05) is 5.02 Å². The molecule has 0 N–H and O–H groups in total. The van der Waals surface area contributed by atoms with Gasteiger partial charge in [0.15, 0.2) is 5.78 Å². The number of rotatable bonds is 5. The Bertz CT molecular complexity index is 295. The molecule has 0 spiro atoms. The van der Waals surface area contributed by atoms with Gasteiger partial charge in [0.25, 0.3) is 0 Å². The van der Waals surface area contributed by atoms with E-state index in [4.69, 9.17) is 27.9 Å². The fourth-order valence-electron chi connectivity index (χ4n) is 0.902. The Labute approximate surface area is 92.8 Å². The van der Waals surface area contributed by atoms with Gasteiger partial charge in [0.2, 0.25) is 0 Å². The fraction of sp³-hybridized carbons (Fsp3) is 0.300.